The fourth-order valence-corrected chi connectivity index (χ4v) is 4.17. The topological polar surface area (TPSA) is 37.0 Å². The van der Waals surface area contributed by atoms with Gasteiger partial charge in [-0.05, 0) is 73.8 Å². The molecule has 0 amide bonds. The van der Waals surface area contributed by atoms with Crippen molar-refractivity contribution in [3.8, 4) is 0 Å². The lowest BCUT2D eigenvalue weighted by Gasteiger charge is -2.29. The molecule has 2 aliphatic rings. The van der Waals surface area contributed by atoms with E-state index >= 15 is 0 Å². The van der Waals surface area contributed by atoms with E-state index in [9.17, 15) is 8.78 Å². The molecule has 3 nitrogen and oxygen atoms in total. The monoisotopic (exact) mass is 423 g/mol. The van der Waals surface area contributed by atoms with Gasteiger partial charge in [-0.1, -0.05) is 43.5 Å². The third kappa shape index (κ3) is 5.22. The fraction of sp³-hybridized carbons (Fsp3) is 0.346. The molecule has 164 valence electrons. The van der Waals surface area contributed by atoms with Crippen LogP contribution in [0.5, 0.6) is 0 Å². The maximum absolute atomic E-state index is 14.3. The van der Waals surface area contributed by atoms with E-state index in [0.717, 1.165) is 48.1 Å². The molecule has 0 aromatic carbocycles. The molecule has 1 atom stereocenters. The minimum atomic E-state index is -0.872. The Bertz CT molecular complexity index is 979. The van der Waals surface area contributed by atoms with Gasteiger partial charge in [0.15, 0.2) is 6.80 Å². The van der Waals surface area contributed by atoms with Crippen molar-refractivity contribution in [1.82, 2.24) is 10.3 Å². The number of hydrogen-bond acceptors (Lipinski definition) is 3. The Balaban J connectivity index is 2.04. The van der Waals surface area contributed by atoms with Gasteiger partial charge in [0.1, 0.15) is 11.6 Å². The summed E-state index contributed by atoms with van der Waals surface area (Å²) in [5.41, 5.74) is 5.77. The van der Waals surface area contributed by atoms with Crippen molar-refractivity contribution >= 4 is 17.1 Å². The molecule has 0 spiro atoms. The highest BCUT2D eigenvalue weighted by Crippen LogP contribution is 2.39. The van der Waals surface area contributed by atoms with E-state index in [-0.39, 0.29) is 5.70 Å². The number of nitrogens with zero attached hydrogens (tertiary/aromatic N) is 1. The number of halogens is 2. The second-order valence-corrected chi connectivity index (χ2v) is 7.91. The molecule has 0 saturated carbocycles. The minimum absolute atomic E-state index is 0.105. The average molecular weight is 424 g/mol. The van der Waals surface area contributed by atoms with Gasteiger partial charge in [0.2, 0.25) is 0 Å². The Morgan fingerprint density at radius 2 is 2.13 bits per heavy atom. The normalized spacial score (nSPS) is 19.4. The van der Waals surface area contributed by atoms with Gasteiger partial charge in [-0.15, -0.1) is 0 Å². The maximum atomic E-state index is 14.3. The van der Waals surface area contributed by atoms with E-state index in [1.807, 2.05) is 19.1 Å². The lowest BCUT2D eigenvalue weighted by Crippen LogP contribution is -2.21. The lowest BCUT2D eigenvalue weighted by molar-refractivity contribution is 0.466. The minimum Gasteiger partial charge on any atom is -0.365 e. The third-order valence-corrected chi connectivity index (χ3v) is 5.86. The second-order valence-electron chi connectivity index (χ2n) is 7.91. The summed E-state index contributed by atoms with van der Waals surface area (Å²) >= 11 is 0. The molecule has 1 heterocycles. The zero-order valence-electron chi connectivity index (χ0n) is 18.4. The molecule has 2 aliphatic carbocycles. The molecular weight excluding hydrogens is 392 g/mol. The van der Waals surface area contributed by atoms with Gasteiger partial charge < -0.3 is 10.6 Å². The van der Waals surface area contributed by atoms with Gasteiger partial charge in [-0.3, -0.25) is 0 Å². The first kappa shape index (κ1) is 22.7. The molecule has 1 unspecified atom stereocenters. The van der Waals surface area contributed by atoms with Crippen molar-refractivity contribution in [2.45, 2.75) is 39.5 Å². The van der Waals surface area contributed by atoms with Crippen molar-refractivity contribution in [1.29, 1.82) is 0 Å². The Morgan fingerprint density at radius 3 is 2.74 bits per heavy atom. The molecule has 0 saturated heterocycles. The zero-order chi connectivity index (χ0) is 22.4. The largest absolute Gasteiger partial charge is 0.365 e. The number of anilines is 1. The predicted octanol–water partition coefficient (Wildman–Crippen LogP) is 6.65. The summed E-state index contributed by atoms with van der Waals surface area (Å²) < 4.78 is 27.4. The molecule has 31 heavy (non-hydrogen) atoms. The maximum Gasteiger partial charge on any atom is 0.159 e. The number of rotatable bonds is 8. The van der Waals surface area contributed by atoms with Crippen LogP contribution in [0.2, 0.25) is 0 Å². The van der Waals surface area contributed by atoms with E-state index < -0.39 is 12.6 Å². The van der Waals surface area contributed by atoms with Gasteiger partial charge in [0, 0.05) is 12.1 Å². The van der Waals surface area contributed by atoms with Crippen LogP contribution in [0, 0.1) is 5.92 Å². The van der Waals surface area contributed by atoms with E-state index in [2.05, 4.69) is 42.0 Å². The number of nitrogens with one attached hydrogen (secondary N) is 2. The SMILES string of the molecule is C=C/C(=C\C)CNc1nc2c(cc1/C(NCF)=C(/C)F)C(=C)CC(C1=CCCC=C1)C2. The number of aromatic nitrogens is 1. The molecular formula is C26H31F2N3. The summed E-state index contributed by atoms with van der Waals surface area (Å²) in [4.78, 5) is 4.89. The van der Waals surface area contributed by atoms with Gasteiger partial charge in [0.05, 0.1) is 11.4 Å². The van der Waals surface area contributed by atoms with Gasteiger partial charge in [0.25, 0.3) is 0 Å². The number of allylic oxidation sites excluding steroid dienone is 7. The van der Waals surface area contributed by atoms with Crippen LogP contribution < -0.4 is 10.6 Å². The number of hydrogen-bond donors (Lipinski definition) is 2. The molecule has 1 aromatic heterocycles. The van der Waals surface area contributed by atoms with Gasteiger partial charge >= 0.3 is 0 Å². The number of alkyl halides is 1. The van der Waals surface area contributed by atoms with Crippen LogP contribution in [0.4, 0.5) is 14.6 Å². The molecule has 0 fully saturated rings. The van der Waals surface area contributed by atoms with Gasteiger partial charge in [-0.25, -0.2) is 13.8 Å². The van der Waals surface area contributed by atoms with Crippen LogP contribution in [-0.2, 0) is 6.42 Å². The first-order chi connectivity index (χ1) is 15.0. The summed E-state index contributed by atoms with van der Waals surface area (Å²) in [6.07, 6.45) is 14.2. The van der Waals surface area contributed by atoms with E-state index in [1.54, 1.807) is 6.08 Å². The van der Waals surface area contributed by atoms with E-state index in [4.69, 9.17) is 4.98 Å². The molecule has 3 rings (SSSR count). The third-order valence-electron chi connectivity index (χ3n) is 5.86. The molecule has 2 N–H and O–H groups in total. The highest BCUT2D eigenvalue weighted by molar-refractivity contribution is 5.79. The molecule has 0 radical (unpaired) electrons. The summed E-state index contributed by atoms with van der Waals surface area (Å²) in [6.45, 7) is 11.0. The highest BCUT2D eigenvalue weighted by atomic mass is 19.1. The quantitative estimate of drug-likeness (QED) is 0.363. The first-order valence-electron chi connectivity index (χ1n) is 10.7. The van der Waals surface area contributed by atoms with Gasteiger partial charge in [-0.2, -0.15) is 0 Å². The van der Waals surface area contributed by atoms with Crippen LogP contribution in [0.1, 0.15) is 49.9 Å². The summed E-state index contributed by atoms with van der Waals surface area (Å²) in [5.74, 6) is 0.368. The van der Waals surface area contributed by atoms with Crippen molar-refractivity contribution in [3.05, 3.63) is 83.4 Å². The Labute approximate surface area is 184 Å². The van der Waals surface area contributed by atoms with Crippen LogP contribution in [0.15, 0.2) is 66.6 Å². The Hall–Kier alpha value is -2.95. The standard InChI is InChI=1S/C26H31F2N3/c1-5-19(6-2)15-29-26-23(25(18(4)28)30-16-27)14-22-17(3)12-21(13-24(22)31-26)20-10-8-7-9-11-20/h5-6,8,10-11,14,21,30H,1,3,7,9,12-13,15-16H2,2,4H3,(H,29,31)/b19-6+,25-18+. The molecule has 5 heteroatoms. The fourth-order valence-electron chi connectivity index (χ4n) is 4.17. The summed E-state index contributed by atoms with van der Waals surface area (Å²) in [6, 6.07) is 1.89. The number of pyridine rings is 1. The highest BCUT2D eigenvalue weighted by Gasteiger charge is 2.27. The van der Waals surface area contributed by atoms with Crippen molar-refractivity contribution in [3.63, 3.8) is 0 Å². The first-order valence-corrected chi connectivity index (χ1v) is 10.7. The Kier molecular flexibility index (Phi) is 7.61. The molecule has 0 aliphatic heterocycles. The van der Waals surface area contributed by atoms with Crippen molar-refractivity contribution in [2.75, 3.05) is 18.7 Å². The van der Waals surface area contributed by atoms with E-state index in [1.165, 1.54) is 12.5 Å². The summed E-state index contributed by atoms with van der Waals surface area (Å²) in [7, 11) is 0. The number of fused-ring (bicyclic) bond motifs is 1. The van der Waals surface area contributed by atoms with Crippen LogP contribution in [0.3, 0.4) is 0 Å². The van der Waals surface area contributed by atoms with E-state index in [0.29, 0.717) is 23.8 Å². The zero-order valence-corrected chi connectivity index (χ0v) is 18.4. The van der Waals surface area contributed by atoms with Crippen molar-refractivity contribution < 1.29 is 8.78 Å². The smallest absolute Gasteiger partial charge is 0.159 e. The lowest BCUT2D eigenvalue weighted by atomic mass is 9.78. The van der Waals surface area contributed by atoms with Crippen molar-refractivity contribution in [2.24, 2.45) is 5.92 Å². The predicted molar refractivity (Wildman–Crippen MR) is 127 cm³/mol. The molecule has 1 aromatic rings. The summed E-state index contributed by atoms with van der Waals surface area (Å²) in [5, 5.41) is 5.81. The average Bonchev–Trinajstić information content (AvgIpc) is 2.78. The van der Waals surface area contributed by atoms with Crippen LogP contribution in [0.25, 0.3) is 11.3 Å². The van der Waals surface area contributed by atoms with Crippen LogP contribution >= 0.6 is 0 Å². The molecule has 0 bridgehead atoms. The van der Waals surface area contributed by atoms with Crippen LogP contribution in [-0.4, -0.2) is 18.3 Å². The Morgan fingerprint density at radius 1 is 1.32 bits per heavy atom. The second kappa shape index (κ2) is 10.4.